The second-order valence-corrected chi connectivity index (χ2v) is 9.33. The van der Waals surface area contributed by atoms with Crippen molar-refractivity contribution in [2.24, 2.45) is 0 Å². The molecular formula is C28H29N7O4. The van der Waals surface area contributed by atoms with E-state index in [9.17, 15) is 9.59 Å². The zero-order chi connectivity index (χ0) is 27.8. The van der Waals surface area contributed by atoms with E-state index in [2.05, 4.69) is 36.2 Å². The Labute approximate surface area is 226 Å². The van der Waals surface area contributed by atoms with Crippen molar-refractivity contribution in [2.75, 3.05) is 23.0 Å². The van der Waals surface area contributed by atoms with E-state index in [-0.39, 0.29) is 11.6 Å². The van der Waals surface area contributed by atoms with Gasteiger partial charge in [0.25, 0.3) is 5.91 Å². The Balaban J connectivity index is 1.37. The molecule has 11 heteroatoms. The van der Waals surface area contributed by atoms with E-state index in [0.717, 1.165) is 5.69 Å². The summed E-state index contributed by atoms with van der Waals surface area (Å²) in [5, 5.41) is 11.6. The molecule has 2 amide bonds. The third-order valence-corrected chi connectivity index (χ3v) is 4.97. The number of nitrogens with one attached hydrogen (secondary N) is 4. The second kappa shape index (κ2) is 11.9. The summed E-state index contributed by atoms with van der Waals surface area (Å²) < 4.78 is 11.1. The summed E-state index contributed by atoms with van der Waals surface area (Å²) in [6, 6.07) is 17.7. The molecule has 0 atom stereocenters. The Kier molecular flexibility index (Phi) is 8.20. The lowest BCUT2D eigenvalue weighted by atomic mass is 10.2. The first-order valence-electron chi connectivity index (χ1n) is 12.1. The van der Waals surface area contributed by atoms with Gasteiger partial charge in [-0.2, -0.15) is 0 Å². The summed E-state index contributed by atoms with van der Waals surface area (Å²) >= 11 is 0. The molecule has 11 nitrogen and oxygen atoms in total. The standard InChI is InChI=1S/C28H29N7O4/c1-28(2,3)39-27(37)34-20-7-5-6-19(14-20)33-25-17-30-16-24(35-25)32-18-8-10-21(11-9-18)38-22-12-13-31-23(15-22)26(36)29-4/h5-17H,1-4H3,(H,29,36)(H,34,37)(H2,32,33,35). The first kappa shape index (κ1) is 26.9. The van der Waals surface area contributed by atoms with E-state index in [1.165, 1.54) is 6.20 Å². The molecule has 0 fully saturated rings. The third-order valence-electron chi connectivity index (χ3n) is 4.97. The zero-order valence-electron chi connectivity index (χ0n) is 22.0. The third kappa shape index (κ3) is 8.15. The molecule has 2 aromatic heterocycles. The van der Waals surface area contributed by atoms with Crippen LogP contribution in [0.25, 0.3) is 0 Å². The highest BCUT2D eigenvalue weighted by atomic mass is 16.6. The van der Waals surface area contributed by atoms with Gasteiger partial charge in [0.1, 0.15) is 22.8 Å². The number of nitrogens with zero attached hydrogens (tertiary/aromatic N) is 3. The van der Waals surface area contributed by atoms with Crippen LogP contribution in [0.5, 0.6) is 11.5 Å². The fourth-order valence-electron chi connectivity index (χ4n) is 3.35. The summed E-state index contributed by atoms with van der Waals surface area (Å²) in [5.41, 5.74) is 1.75. The van der Waals surface area contributed by atoms with Gasteiger partial charge < -0.3 is 25.4 Å². The van der Waals surface area contributed by atoms with Crippen LogP contribution in [0.2, 0.25) is 0 Å². The highest BCUT2D eigenvalue weighted by molar-refractivity contribution is 5.92. The van der Waals surface area contributed by atoms with Crippen LogP contribution in [-0.2, 0) is 4.74 Å². The number of benzene rings is 2. The molecule has 4 N–H and O–H groups in total. The van der Waals surface area contributed by atoms with Crippen LogP contribution in [0.1, 0.15) is 31.3 Å². The van der Waals surface area contributed by atoms with Crippen LogP contribution in [0.4, 0.5) is 33.5 Å². The minimum absolute atomic E-state index is 0.270. The number of aromatic nitrogens is 3. The van der Waals surface area contributed by atoms with Crippen molar-refractivity contribution >= 4 is 40.7 Å². The number of hydrogen-bond acceptors (Lipinski definition) is 9. The fraction of sp³-hybridized carbons (Fsp3) is 0.179. The predicted molar refractivity (Wildman–Crippen MR) is 149 cm³/mol. The molecule has 39 heavy (non-hydrogen) atoms. The van der Waals surface area contributed by atoms with Crippen LogP contribution >= 0.6 is 0 Å². The van der Waals surface area contributed by atoms with Crippen LogP contribution in [-0.4, -0.2) is 39.6 Å². The maximum atomic E-state index is 12.1. The molecule has 0 saturated carbocycles. The van der Waals surface area contributed by atoms with E-state index >= 15 is 0 Å². The molecule has 0 aliphatic carbocycles. The molecule has 4 rings (SSSR count). The van der Waals surface area contributed by atoms with E-state index in [0.29, 0.717) is 34.5 Å². The number of ether oxygens (including phenoxy) is 2. The van der Waals surface area contributed by atoms with Crippen LogP contribution < -0.4 is 26.0 Å². The number of carbonyl (C=O) groups is 2. The predicted octanol–water partition coefficient (Wildman–Crippen LogP) is 5.86. The van der Waals surface area contributed by atoms with Crippen LogP contribution in [0, 0.1) is 0 Å². The van der Waals surface area contributed by atoms with Crippen molar-refractivity contribution in [2.45, 2.75) is 26.4 Å². The molecule has 2 aromatic carbocycles. The lowest BCUT2D eigenvalue weighted by Gasteiger charge is -2.19. The average Bonchev–Trinajstić information content (AvgIpc) is 2.89. The lowest BCUT2D eigenvalue weighted by molar-refractivity contribution is 0.0635. The van der Waals surface area contributed by atoms with Gasteiger partial charge in [-0.3, -0.25) is 20.1 Å². The van der Waals surface area contributed by atoms with Gasteiger partial charge in [-0.05, 0) is 69.3 Å². The largest absolute Gasteiger partial charge is 0.457 e. The van der Waals surface area contributed by atoms with Gasteiger partial charge in [0.2, 0.25) is 0 Å². The highest BCUT2D eigenvalue weighted by Crippen LogP contribution is 2.25. The van der Waals surface area contributed by atoms with Gasteiger partial charge >= 0.3 is 6.09 Å². The van der Waals surface area contributed by atoms with Gasteiger partial charge in [-0.15, -0.1) is 0 Å². The smallest absolute Gasteiger partial charge is 0.412 e. The molecule has 0 aliphatic heterocycles. The van der Waals surface area contributed by atoms with Crippen molar-refractivity contribution < 1.29 is 19.1 Å². The second-order valence-electron chi connectivity index (χ2n) is 9.33. The van der Waals surface area contributed by atoms with Gasteiger partial charge in [0.15, 0.2) is 11.6 Å². The molecule has 0 saturated heterocycles. The van der Waals surface area contributed by atoms with E-state index < -0.39 is 11.7 Å². The molecule has 2 heterocycles. The zero-order valence-corrected chi connectivity index (χ0v) is 22.0. The number of amides is 2. The normalized spacial score (nSPS) is 10.8. The summed E-state index contributed by atoms with van der Waals surface area (Å²) in [7, 11) is 1.55. The maximum absolute atomic E-state index is 12.1. The van der Waals surface area contributed by atoms with Gasteiger partial charge in [-0.1, -0.05) is 6.07 Å². The summed E-state index contributed by atoms with van der Waals surface area (Å²) in [4.78, 5) is 36.7. The quantitative estimate of drug-likeness (QED) is 0.222. The van der Waals surface area contributed by atoms with Crippen LogP contribution in [0.15, 0.2) is 79.3 Å². The molecule has 0 unspecified atom stereocenters. The molecule has 0 aliphatic rings. The minimum Gasteiger partial charge on any atom is -0.457 e. The number of hydrogen-bond donors (Lipinski definition) is 4. The van der Waals surface area contributed by atoms with E-state index in [1.54, 1.807) is 82.7 Å². The van der Waals surface area contributed by atoms with Gasteiger partial charge in [0.05, 0.1) is 12.4 Å². The van der Waals surface area contributed by atoms with Crippen molar-refractivity contribution in [1.82, 2.24) is 20.3 Å². The van der Waals surface area contributed by atoms with Crippen molar-refractivity contribution in [1.29, 1.82) is 0 Å². The summed E-state index contributed by atoms with van der Waals surface area (Å²) in [5.74, 6) is 1.85. The first-order chi connectivity index (χ1) is 18.7. The molecule has 4 aromatic rings. The van der Waals surface area contributed by atoms with Crippen LogP contribution in [0.3, 0.4) is 0 Å². The Morgan fingerprint density at radius 1 is 0.821 bits per heavy atom. The number of rotatable bonds is 8. The maximum Gasteiger partial charge on any atom is 0.412 e. The SMILES string of the molecule is CNC(=O)c1cc(Oc2ccc(Nc3cncc(Nc4cccc(NC(=O)OC(C)(C)C)c4)n3)cc2)ccn1. The van der Waals surface area contributed by atoms with Gasteiger partial charge in [0, 0.05) is 36.4 Å². The van der Waals surface area contributed by atoms with Crippen molar-refractivity contribution in [3.8, 4) is 11.5 Å². The first-order valence-corrected chi connectivity index (χ1v) is 12.1. The van der Waals surface area contributed by atoms with E-state index in [4.69, 9.17) is 9.47 Å². The number of pyridine rings is 1. The average molecular weight is 528 g/mol. The Morgan fingerprint density at radius 2 is 1.51 bits per heavy atom. The Bertz CT molecular complexity index is 1450. The van der Waals surface area contributed by atoms with Crippen molar-refractivity contribution in [3.63, 3.8) is 0 Å². The minimum atomic E-state index is -0.589. The fourth-order valence-corrected chi connectivity index (χ4v) is 3.35. The molecule has 0 radical (unpaired) electrons. The monoisotopic (exact) mass is 527 g/mol. The number of carbonyl (C=O) groups excluding carboxylic acids is 2. The topological polar surface area (TPSA) is 139 Å². The number of anilines is 5. The Hall–Kier alpha value is -5.19. The molecular weight excluding hydrogens is 498 g/mol. The van der Waals surface area contributed by atoms with Gasteiger partial charge in [-0.25, -0.2) is 9.78 Å². The van der Waals surface area contributed by atoms with E-state index in [1.807, 2.05) is 18.2 Å². The lowest BCUT2D eigenvalue weighted by Crippen LogP contribution is -2.27. The van der Waals surface area contributed by atoms with Crippen molar-refractivity contribution in [3.05, 3.63) is 84.9 Å². The molecule has 200 valence electrons. The molecule has 0 bridgehead atoms. The highest BCUT2D eigenvalue weighted by Gasteiger charge is 2.16. The molecule has 0 spiro atoms. The summed E-state index contributed by atoms with van der Waals surface area (Å²) in [6.07, 6.45) is 4.19. The summed E-state index contributed by atoms with van der Waals surface area (Å²) in [6.45, 7) is 5.42. The Morgan fingerprint density at radius 3 is 2.21 bits per heavy atom.